The molecule has 0 saturated carbocycles. The van der Waals surface area contributed by atoms with Gasteiger partial charge in [0, 0.05) is 7.05 Å². The van der Waals surface area contributed by atoms with Crippen LogP contribution in [0.3, 0.4) is 0 Å². The molecule has 1 aliphatic heterocycles. The number of aromatic nitrogens is 3. The third-order valence-electron chi connectivity index (χ3n) is 2.65. The summed E-state index contributed by atoms with van der Waals surface area (Å²) in [6, 6.07) is 0.372. The van der Waals surface area contributed by atoms with E-state index in [1.165, 1.54) is 0 Å². The lowest BCUT2D eigenvalue weighted by Gasteiger charge is -2.21. The molecular formula is C9H16ClN5O. The molecule has 1 aliphatic rings. The van der Waals surface area contributed by atoms with Crippen LogP contribution in [0.25, 0.3) is 0 Å². The van der Waals surface area contributed by atoms with Gasteiger partial charge in [0.15, 0.2) is 5.69 Å². The van der Waals surface area contributed by atoms with E-state index in [4.69, 9.17) is 0 Å². The molecule has 7 heteroatoms. The quantitative estimate of drug-likeness (QED) is 0.769. The van der Waals surface area contributed by atoms with Crippen molar-refractivity contribution in [2.24, 2.45) is 0 Å². The molecule has 2 rings (SSSR count). The molecule has 0 aliphatic carbocycles. The monoisotopic (exact) mass is 245 g/mol. The van der Waals surface area contributed by atoms with Gasteiger partial charge in [-0.2, -0.15) is 0 Å². The van der Waals surface area contributed by atoms with Crippen molar-refractivity contribution in [2.75, 3.05) is 20.1 Å². The fourth-order valence-electron chi connectivity index (χ4n) is 1.76. The van der Waals surface area contributed by atoms with Gasteiger partial charge >= 0.3 is 0 Å². The van der Waals surface area contributed by atoms with Crippen LogP contribution >= 0.6 is 12.4 Å². The molecule has 6 nitrogen and oxygen atoms in total. The lowest BCUT2D eigenvalue weighted by Crippen LogP contribution is -2.29. The minimum absolute atomic E-state index is 0. The molecule has 1 fully saturated rings. The summed E-state index contributed by atoms with van der Waals surface area (Å²) in [5, 5.41) is 13.6. The SMILES string of the molecule is CNC(=O)c1cn(C2CCNCC2)nn1.Cl. The largest absolute Gasteiger partial charge is 0.354 e. The Balaban J connectivity index is 0.00000128. The van der Waals surface area contributed by atoms with Crippen molar-refractivity contribution in [1.82, 2.24) is 25.6 Å². The Morgan fingerprint density at radius 2 is 2.25 bits per heavy atom. The topological polar surface area (TPSA) is 71.8 Å². The summed E-state index contributed by atoms with van der Waals surface area (Å²) in [6.07, 6.45) is 3.79. The van der Waals surface area contributed by atoms with E-state index in [9.17, 15) is 4.79 Å². The molecule has 1 saturated heterocycles. The third-order valence-corrected chi connectivity index (χ3v) is 2.65. The number of nitrogens with zero attached hydrogens (tertiary/aromatic N) is 3. The van der Waals surface area contributed by atoms with Crippen LogP contribution in [-0.2, 0) is 0 Å². The maximum atomic E-state index is 11.3. The van der Waals surface area contributed by atoms with Gasteiger partial charge in [0.05, 0.1) is 12.2 Å². The average Bonchev–Trinajstić information content (AvgIpc) is 2.78. The van der Waals surface area contributed by atoms with Crippen molar-refractivity contribution in [1.29, 1.82) is 0 Å². The Hall–Kier alpha value is -1.14. The van der Waals surface area contributed by atoms with Crippen LogP contribution in [-0.4, -0.2) is 41.0 Å². The molecule has 1 aromatic rings. The zero-order valence-electron chi connectivity index (χ0n) is 9.14. The van der Waals surface area contributed by atoms with Gasteiger partial charge in [0.25, 0.3) is 5.91 Å². The highest BCUT2D eigenvalue weighted by atomic mass is 35.5. The second-order valence-corrected chi connectivity index (χ2v) is 3.64. The molecule has 0 atom stereocenters. The number of rotatable bonds is 2. The van der Waals surface area contributed by atoms with Gasteiger partial charge in [-0.05, 0) is 25.9 Å². The Kier molecular flexibility index (Phi) is 4.70. The van der Waals surface area contributed by atoms with Crippen LogP contribution in [0.15, 0.2) is 6.20 Å². The molecule has 90 valence electrons. The molecule has 0 spiro atoms. The van der Waals surface area contributed by atoms with Crippen molar-refractivity contribution in [3.05, 3.63) is 11.9 Å². The number of amides is 1. The smallest absolute Gasteiger partial charge is 0.273 e. The predicted molar refractivity (Wildman–Crippen MR) is 61.8 cm³/mol. The predicted octanol–water partition coefficient (Wildman–Crippen LogP) is -0.0160. The van der Waals surface area contributed by atoms with Gasteiger partial charge in [-0.3, -0.25) is 4.79 Å². The molecule has 1 amide bonds. The fourth-order valence-corrected chi connectivity index (χ4v) is 1.76. The highest BCUT2D eigenvalue weighted by Crippen LogP contribution is 2.16. The van der Waals surface area contributed by atoms with E-state index in [1.807, 2.05) is 0 Å². The maximum absolute atomic E-state index is 11.3. The van der Waals surface area contributed by atoms with Gasteiger partial charge in [-0.1, -0.05) is 5.21 Å². The highest BCUT2D eigenvalue weighted by molar-refractivity contribution is 5.91. The van der Waals surface area contributed by atoms with Gasteiger partial charge < -0.3 is 10.6 Å². The van der Waals surface area contributed by atoms with Gasteiger partial charge in [-0.15, -0.1) is 17.5 Å². The van der Waals surface area contributed by atoms with E-state index in [0.717, 1.165) is 25.9 Å². The summed E-state index contributed by atoms with van der Waals surface area (Å²) in [6.45, 7) is 2.00. The normalized spacial score (nSPS) is 16.6. The third kappa shape index (κ3) is 2.70. The van der Waals surface area contributed by atoms with Crippen molar-refractivity contribution in [3.8, 4) is 0 Å². The molecule has 0 radical (unpaired) electrons. The Labute approximate surface area is 100 Å². The molecule has 1 aromatic heterocycles. The molecule has 2 heterocycles. The average molecular weight is 246 g/mol. The highest BCUT2D eigenvalue weighted by Gasteiger charge is 2.17. The summed E-state index contributed by atoms with van der Waals surface area (Å²) in [4.78, 5) is 11.3. The van der Waals surface area contributed by atoms with Crippen molar-refractivity contribution >= 4 is 18.3 Å². The number of halogens is 1. The van der Waals surface area contributed by atoms with E-state index in [1.54, 1.807) is 17.9 Å². The molecule has 0 bridgehead atoms. The summed E-state index contributed by atoms with van der Waals surface area (Å²) < 4.78 is 1.80. The zero-order valence-corrected chi connectivity index (χ0v) is 9.96. The second kappa shape index (κ2) is 5.81. The van der Waals surface area contributed by atoms with Gasteiger partial charge in [0.1, 0.15) is 0 Å². The van der Waals surface area contributed by atoms with E-state index in [2.05, 4.69) is 20.9 Å². The molecule has 0 unspecified atom stereocenters. The molecule has 2 N–H and O–H groups in total. The number of carbonyl (C=O) groups excluding carboxylic acids is 1. The van der Waals surface area contributed by atoms with Crippen LogP contribution in [0, 0.1) is 0 Å². The number of hydrogen-bond donors (Lipinski definition) is 2. The van der Waals surface area contributed by atoms with Gasteiger partial charge in [0.2, 0.25) is 0 Å². The first-order valence-corrected chi connectivity index (χ1v) is 5.16. The second-order valence-electron chi connectivity index (χ2n) is 3.64. The van der Waals surface area contributed by atoms with E-state index in [0.29, 0.717) is 11.7 Å². The molecule has 0 aromatic carbocycles. The Morgan fingerprint density at radius 3 is 2.88 bits per heavy atom. The first kappa shape index (κ1) is 12.9. The number of piperidine rings is 1. The van der Waals surface area contributed by atoms with E-state index >= 15 is 0 Å². The summed E-state index contributed by atoms with van der Waals surface area (Å²) in [5.41, 5.74) is 0.385. The summed E-state index contributed by atoms with van der Waals surface area (Å²) in [5.74, 6) is -0.185. The van der Waals surface area contributed by atoms with Crippen LogP contribution in [0.4, 0.5) is 0 Å². The number of carbonyl (C=O) groups is 1. The minimum Gasteiger partial charge on any atom is -0.354 e. The molecular weight excluding hydrogens is 230 g/mol. The lowest BCUT2D eigenvalue weighted by molar-refractivity contribution is 0.0958. The Morgan fingerprint density at radius 1 is 1.56 bits per heavy atom. The standard InChI is InChI=1S/C9H15N5O.ClH/c1-10-9(15)8-6-14(13-12-8)7-2-4-11-5-3-7;/h6-7,11H,2-5H2,1H3,(H,10,15);1H. The first-order valence-electron chi connectivity index (χ1n) is 5.16. The fraction of sp³-hybridized carbons (Fsp3) is 0.667. The van der Waals surface area contributed by atoms with Crippen molar-refractivity contribution in [2.45, 2.75) is 18.9 Å². The van der Waals surface area contributed by atoms with E-state index < -0.39 is 0 Å². The molecule has 16 heavy (non-hydrogen) atoms. The summed E-state index contributed by atoms with van der Waals surface area (Å²) in [7, 11) is 1.59. The maximum Gasteiger partial charge on any atom is 0.273 e. The van der Waals surface area contributed by atoms with Crippen LogP contribution in [0.1, 0.15) is 29.4 Å². The number of nitrogens with one attached hydrogen (secondary N) is 2. The number of hydrogen-bond acceptors (Lipinski definition) is 4. The van der Waals surface area contributed by atoms with Crippen LogP contribution in [0.5, 0.6) is 0 Å². The van der Waals surface area contributed by atoms with Crippen LogP contribution < -0.4 is 10.6 Å². The first-order chi connectivity index (χ1) is 7.31. The van der Waals surface area contributed by atoms with Crippen LogP contribution in [0.2, 0.25) is 0 Å². The Bertz CT molecular complexity index is 347. The van der Waals surface area contributed by atoms with Crippen molar-refractivity contribution in [3.63, 3.8) is 0 Å². The lowest BCUT2D eigenvalue weighted by atomic mass is 10.1. The van der Waals surface area contributed by atoms with Crippen molar-refractivity contribution < 1.29 is 4.79 Å². The van der Waals surface area contributed by atoms with E-state index in [-0.39, 0.29) is 18.3 Å². The zero-order chi connectivity index (χ0) is 10.7. The van der Waals surface area contributed by atoms with Gasteiger partial charge in [-0.25, -0.2) is 4.68 Å². The minimum atomic E-state index is -0.185. The summed E-state index contributed by atoms with van der Waals surface area (Å²) >= 11 is 0.